The van der Waals surface area contributed by atoms with Crippen LogP contribution in [0.1, 0.15) is 64.2 Å². The van der Waals surface area contributed by atoms with E-state index in [0.29, 0.717) is 43.9 Å². The maximum absolute atomic E-state index is 14.1. The Labute approximate surface area is 230 Å². The number of likely N-dealkylation sites (tertiary alicyclic amines) is 1. The molecule has 2 atom stereocenters. The van der Waals surface area contributed by atoms with Crippen LogP contribution in [-0.4, -0.2) is 58.0 Å². The summed E-state index contributed by atoms with van der Waals surface area (Å²) in [6.07, 6.45) is -1.41. The molecule has 0 N–H and O–H groups in total. The normalized spacial score (nSPS) is 18.5. The van der Waals surface area contributed by atoms with Gasteiger partial charge in [0.1, 0.15) is 18.3 Å². The van der Waals surface area contributed by atoms with Crippen molar-refractivity contribution >= 4 is 11.6 Å². The minimum absolute atomic E-state index is 0.0186. The zero-order valence-electron chi connectivity index (χ0n) is 22.6. The van der Waals surface area contributed by atoms with E-state index in [1.807, 2.05) is 28.6 Å². The highest BCUT2D eigenvalue weighted by Crippen LogP contribution is 2.41. The second kappa shape index (κ2) is 11.7. The minimum atomic E-state index is -4.62. The number of benzene rings is 2. The third kappa shape index (κ3) is 6.05. The van der Waals surface area contributed by atoms with Crippen LogP contribution in [0.15, 0.2) is 42.7 Å². The van der Waals surface area contributed by atoms with Crippen LogP contribution in [0.4, 0.5) is 23.2 Å². The van der Waals surface area contributed by atoms with E-state index in [2.05, 4.69) is 10.2 Å². The summed E-state index contributed by atoms with van der Waals surface area (Å²) in [5.41, 5.74) is 1.09. The summed E-state index contributed by atoms with van der Waals surface area (Å²) in [4.78, 5) is 16.7. The molecule has 0 radical (unpaired) electrons. The van der Waals surface area contributed by atoms with E-state index in [-0.39, 0.29) is 24.2 Å². The zero-order chi connectivity index (χ0) is 28.4. The van der Waals surface area contributed by atoms with E-state index >= 15 is 0 Å². The summed E-state index contributed by atoms with van der Waals surface area (Å²) < 4.78 is 63.9. The maximum Gasteiger partial charge on any atom is 0.416 e. The highest BCUT2D eigenvalue weighted by molar-refractivity contribution is 6.10. The highest BCUT2D eigenvalue weighted by Gasteiger charge is 2.41. The first kappa shape index (κ1) is 28.2. The second-order valence-electron chi connectivity index (χ2n) is 10.5. The van der Waals surface area contributed by atoms with Crippen molar-refractivity contribution in [2.75, 3.05) is 31.2 Å². The van der Waals surface area contributed by atoms with Gasteiger partial charge in [0.05, 0.1) is 18.7 Å². The van der Waals surface area contributed by atoms with Gasteiger partial charge in [0.15, 0.2) is 0 Å². The van der Waals surface area contributed by atoms with Crippen LogP contribution in [0, 0.1) is 0 Å². The monoisotopic (exact) mass is 559 g/mol. The molecular formula is C29H33F4N5O2. The third-order valence-corrected chi connectivity index (χ3v) is 7.81. The van der Waals surface area contributed by atoms with Crippen molar-refractivity contribution in [2.24, 2.45) is 7.05 Å². The van der Waals surface area contributed by atoms with Crippen molar-refractivity contribution in [1.29, 1.82) is 0 Å². The Bertz CT molecular complexity index is 1360. The molecule has 0 bridgehead atoms. The Kier molecular flexibility index (Phi) is 8.23. The Hall–Kier alpha value is -3.31. The number of hydrogen-bond acceptors (Lipinski definition) is 5. The molecule has 0 unspecified atom stereocenters. The molecule has 3 aromatic rings. The van der Waals surface area contributed by atoms with E-state index in [1.165, 1.54) is 4.90 Å². The zero-order valence-corrected chi connectivity index (χ0v) is 22.6. The molecule has 0 aliphatic carbocycles. The highest BCUT2D eigenvalue weighted by atomic mass is 19.4. The number of aromatic nitrogens is 3. The molecule has 2 aliphatic heterocycles. The van der Waals surface area contributed by atoms with E-state index in [9.17, 15) is 22.4 Å². The molecule has 40 heavy (non-hydrogen) atoms. The van der Waals surface area contributed by atoms with Gasteiger partial charge in [0.25, 0.3) is 5.91 Å². The molecule has 2 aliphatic rings. The van der Waals surface area contributed by atoms with Crippen molar-refractivity contribution in [3.05, 3.63) is 76.4 Å². The largest absolute Gasteiger partial charge is 0.416 e. The van der Waals surface area contributed by atoms with Gasteiger partial charge in [-0.3, -0.25) is 9.69 Å². The predicted octanol–water partition coefficient (Wildman–Crippen LogP) is 5.29. The average molecular weight is 560 g/mol. The lowest BCUT2D eigenvalue weighted by Crippen LogP contribution is -2.25. The Morgan fingerprint density at radius 1 is 1.15 bits per heavy atom. The summed E-state index contributed by atoms with van der Waals surface area (Å²) in [5, 5.41) is 7.91. The molecule has 11 heteroatoms. The molecule has 1 aromatic heterocycles. The van der Waals surface area contributed by atoms with Crippen molar-refractivity contribution in [3.63, 3.8) is 0 Å². The summed E-state index contributed by atoms with van der Waals surface area (Å²) in [6, 6.07) is 9.53. The lowest BCUT2D eigenvalue weighted by atomic mass is 9.95. The van der Waals surface area contributed by atoms with Crippen LogP contribution in [-0.2, 0) is 37.3 Å². The molecule has 0 saturated carbocycles. The van der Waals surface area contributed by atoms with Crippen molar-refractivity contribution in [1.82, 2.24) is 19.7 Å². The predicted molar refractivity (Wildman–Crippen MR) is 142 cm³/mol. The first-order chi connectivity index (χ1) is 19.1. The molecule has 2 aromatic carbocycles. The number of aryl methyl sites for hydroxylation is 2. The van der Waals surface area contributed by atoms with Gasteiger partial charge < -0.3 is 14.2 Å². The number of halogens is 4. The smallest absolute Gasteiger partial charge is 0.381 e. The van der Waals surface area contributed by atoms with Gasteiger partial charge in [-0.1, -0.05) is 12.1 Å². The van der Waals surface area contributed by atoms with Crippen molar-refractivity contribution in [3.8, 4) is 0 Å². The standard InChI is InChI=1S/C29H33F4N5O2/c1-19(37-10-8-22(30)16-37)21-14-24-25(26(15-21)29(31,32)33)17-38(28(24)39)23-6-3-5-20(13-23)9-12-40-11-4-7-27-35-34-18-36(27)2/h3,5-6,13-15,18-19,22H,4,7-12,16-17H2,1-2H3/t19-,22+/m1/s1. The fourth-order valence-corrected chi connectivity index (χ4v) is 5.48. The number of hydrogen-bond donors (Lipinski definition) is 0. The number of anilines is 1. The molecule has 1 fully saturated rings. The molecule has 3 heterocycles. The average Bonchev–Trinajstić information content (AvgIpc) is 3.63. The summed E-state index contributed by atoms with van der Waals surface area (Å²) in [5.74, 6) is 0.434. The number of amides is 1. The number of nitrogens with zero attached hydrogens (tertiary/aromatic N) is 5. The fourth-order valence-electron chi connectivity index (χ4n) is 5.48. The molecule has 5 rings (SSSR count). The van der Waals surface area contributed by atoms with Crippen LogP contribution >= 0.6 is 0 Å². The first-order valence-corrected chi connectivity index (χ1v) is 13.6. The Morgan fingerprint density at radius 3 is 2.67 bits per heavy atom. The van der Waals surface area contributed by atoms with Gasteiger partial charge in [-0.15, -0.1) is 10.2 Å². The van der Waals surface area contributed by atoms with Crippen LogP contribution < -0.4 is 4.90 Å². The molecule has 1 saturated heterocycles. The fraction of sp³-hybridized carbons (Fsp3) is 0.483. The van der Waals surface area contributed by atoms with Crippen molar-refractivity contribution < 1.29 is 27.1 Å². The quantitative estimate of drug-likeness (QED) is 0.250. The molecule has 0 spiro atoms. The maximum atomic E-state index is 14.1. The SMILES string of the molecule is C[C@H](c1cc2c(c(C(F)(F)F)c1)CN(c1cccc(CCOCCCc3nncn3C)c1)C2=O)N1CC[C@H](F)C1. The number of ether oxygens (including phenoxy) is 1. The van der Waals surface area contributed by atoms with Crippen LogP contribution in [0.5, 0.6) is 0 Å². The third-order valence-electron chi connectivity index (χ3n) is 7.81. The van der Waals surface area contributed by atoms with Gasteiger partial charge in [-0.25, -0.2) is 4.39 Å². The number of carbonyl (C=O) groups excluding carboxylic acids is 1. The van der Waals surface area contributed by atoms with E-state index < -0.39 is 29.9 Å². The van der Waals surface area contributed by atoms with E-state index in [1.54, 1.807) is 31.5 Å². The molecular weight excluding hydrogens is 526 g/mol. The molecule has 7 nitrogen and oxygen atoms in total. The summed E-state index contributed by atoms with van der Waals surface area (Å²) in [7, 11) is 1.90. The Balaban J connectivity index is 1.26. The van der Waals surface area contributed by atoms with Gasteiger partial charge in [-0.2, -0.15) is 13.2 Å². The number of fused-ring (bicyclic) bond motifs is 1. The van der Waals surface area contributed by atoms with Gasteiger partial charge in [-0.05, 0) is 67.1 Å². The number of carbonyl (C=O) groups is 1. The Morgan fingerprint density at radius 2 is 1.98 bits per heavy atom. The van der Waals surface area contributed by atoms with Crippen LogP contribution in [0.3, 0.4) is 0 Å². The number of rotatable bonds is 10. The van der Waals surface area contributed by atoms with Gasteiger partial charge >= 0.3 is 6.18 Å². The van der Waals surface area contributed by atoms with E-state index in [4.69, 9.17) is 4.74 Å². The van der Waals surface area contributed by atoms with E-state index in [0.717, 1.165) is 30.3 Å². The molecule has 1 amide bonds. The first-order valence-electron chi connectivity index (χ1n) is 13.6. The van der Waals surface area contributed by atoms with Crippen molar-refractivity contribution in [2.45, 2.75) is 57.5 Å². The second-order valence-corrected chi connectivity index (χ2v) is 10.5. The minimum Gasteiger partial charge on any atom is -0.381 e. The van der Waals surface area contributed by atoms with Gasteiger partial charge in [0, 0.05) is 50.5 Å². The lowest BCUT2D eigenvalue weighted by molar-refractivity contribution is -0.138. The topological polar surface area (TPSA) is 63.5 Å². The molecule has 214 valence electrons. The number of alkyl halides is 4. The van der Waals surface area contributed by atoms with Crippen LogP contribution in [0.2, 0.25) is 0 Å². The summed E-state index contributed by atoms with van der Waals surface area (Å²) in [6.45, 7) is 3.30. The van der Waals surface area contributed by atoms with Crippen LogP contribution in [0.25, 0.3) is 0 Å². The van der Waals surface area contributed by atoms with Gasteiger partial charge in [0.2, 0.25) is 0 Å². The summed E-state index contributed by atoms with van der Waals surface area (Å²) >= 11 is 0. The lowest BCUT2D eigenvalue weighted by Gasteiger charge is -2.25.